The van der Waals surface area contributed by atoms with E-state index in [1.165, 1.54) is 5.56 Å². The van der Waals surface area contributed by atoms with Crippen molar-refractivity contribution in [1.29, 1.82) is 0 Å². The highest BCUT2D eigenvalue weighted by Crippen LogP contribution is 2.17. The molecule has 0 aliphatic rings. The monoisotopic (exact) mass is 308 g/mol. The van der Waals surface area contributed by atoms with Crippen molar-refractivity contribution in [1.82, 2.24) is 20.3 Å². The van der Waals surface area contributed by atoms with Crippen LogP contribution < -0.4 is 5.32 Å². The van der Waals surface area contributed by atoms with Gasteiger partial charge < -0.3 is 10.3 Å². The summed E-state index contributed by atoms with van der Waals surface area (Å²) in [5.74, 6) is 0.790. The normalized spacial score (nSPS) is 12.3. The summed E-state index contributed by atoms with van der Waals surface area (Å²) in [6.07, 6.45) is 4.65. The summed E-state index contributed by atoms with van der Waals surface area (Å²) in [6, 6.07) is 9.79. The number of imidazole rings is 1. The summed E-state index contributed by atoms with van der Waals surface area (Å²) in [7, 11) is 0. The topological polar surface area (TPSA) is 70.7 Å². The molecule has 0 radical (unpaired) electrons. The van der Waals surface area contributed by atoms with Crippen LogP contribution >= 0.6 is 0 Å². The highest BCUT2D eigenvalue weighted by Gasteiger charge is 2.13. The van der Waals surface area contributed by atoms with Gasteiger partial charge in [-0.3, -0.25) is 9.78 Å². The number of rotatable bonds is 5. The van der Waals surface area contributed by atoms with Crippen LogP contribution in [-0.2, 0) is 11.2 Å². The van der Waals surface area contributed by atoms with Gasteiger partial charge in [0, 0.05) is 18.8 Å². The molecule has 23 heavy (non-hydrogen) atoms. The van der Waals surface area contributed by atoms with Crippen LogP contribution in [0, 0.1) is 6.92 Å². The Morgan fingerprint density at radius 1 is 1.35 bits per heavy atom. The zero-order chi connectivity index (χ0) is 16.2. The molecule has 0 spiro atoms. The van der Waals surface area contributed by atoms with Gasteiger partial charge in [0.1, 0.15) is 5.82 Å². The summed E-state index contributed by atoms with van der Waals surface area (Å²) in [4.78, 5) is 24.0. The number of carbonyl (C=O) groups is 1. The molecule has 0 aliphatic carbocycles. The number of H-pyrrole nitrogens is 1. The van der Waals surface area contributed by atoms with Crippen molar-refractivity contribution in [2.75, 3.05) is 0 Å². The molecule has 5 heteroatoms. The van der Waals surface area contributed by atoms with Gasteiger partial charge in [0.25, 0.3) is 0 Å². The molecule has 2 N–H and O–H groups in total. The number of aromatic nitrogens is 3. The standard InChI is InChI=1S/C18H20N4O/c1-12-5-7-15-16(10-12)22-18(21-15)13(2)20-17(23)8-6-14-4-3-9-19-11-14/h3-5,7,9-11,13H,6,8H2,1-2H3,(H,20,23)(H,21,22)/t13-/m1/s1. The van der Waals surface area contributed by atoms with E-state index in [2.05, 4.69) is 26.3 Å². The van der Waals surface area contributed by atoms with Crippen molar-refractivity contribution in [3.8, 4) is 0 Å². The average Bonchev–Trinajstić information content (AvgIpc) is 2.97. The molecule has 1 amide bonds. The van der Waals surface area contributed by atoms with Gasteiger partial charge in [-0.25, -0.2) is 4.98 Å². The van der Waals surface area contributed by atoms with E-state index in [1.807, 2.05) is 38.1 Å². The van der Waals surface area contributed by atoms with Crippen LogP contribution in [0.25, 0.3) is 11.0 Å². The average molecular weight is 308 g/mol. The molecule has 3 rings (SSSR count). The number of nitrogens with zero attached hydrogens (tertiary/aromatic N) is 2. The highest BCUT2D eigenvalue weighted by atomic mass is 16.1. The predicted molar refractivity (Wildman–Crippen MR) is 89.9 cm³/mol. The lowest BCUT2D eigenvalue weighted by Crippen LogP contribution is -2.27. The molecule has 0 saturated heterocycles. The third-order valence-electron chi connectivity index (χ3n) is 3.81. The van der Waals surface area contributed by atoms with Crippen LogP contribution in [0.2, 0.25) is 0 Å². The first-order valence-corrected chi connectivity index (χ1v) is 7.76. The third kappa shape index (κ3) is 3.74. The number of hydrogen-bond donors (Lipinski definition) is 2. The van der Waals surface area contributed by atoms with Gasteiger partial charge in [-0.1, -0.05) is 12.1 Å². The first-order chi connectivity index (χ1) is 11.1. The fraction of sp³-hybridized carbons (Fsp3) is 0.278. The van der Waals surface area contributed by atoms with Crippen LogP contribution in [0.15, 0.2) is 42.7 Å². The van der Waals surface area contributed by atoms with Gasteiger partial charge in [0.2, 0.25) is 5.91 Å². The Balaban J connectivity index is 1.61. The molecule has 2 aromatic heterocycles. The van der Waals surface area contributed by atoms with Crippen molar-refractivity contribution < 1.29 is 4.79 Å². The van der Waals surface area contributed by atoms with Gasteiger partial charge in [-0.15, -0.1) is 0 Å². The molecule has 0 aliphatic heterocycles. The molecular formula is C18H20N4O. The molecule has 118 valence electrons. The number of amides is 1. The second-order valence-corrected chi connectivity index (χ2v) is 5.79. The van der Waals surface area contributed by atoms with Crippen LogP contribution in [-0.4, -0.2) is 20.9 Å². The van der Waals surface area contributed by atoms with Crippen molar-refractivity contribution in [2.45, 2.75) is 32.7 Å². The number of pyridine rings is 1. The van der Waals surface area contributed by atoms with E-state index in [9.17, 15) is 4.79 Å². The number of fused-ring (bicyclic) bond motifs is 1. The highest BCUT2D eigenvalue weighted by molar-refractivity contribution is 5.78. The molecule has 2 heterocycles. The van der Waals surface area contributed by atoms with Gasteiger partial charge in [-0.05, 0) is 49.6 Å². The lowest BCUT2D eigenvalue weighted by Gasteiger charge is -2.11. The number of nitrogens with one attached hydrogen (secondary N) is 2. The van der Waals surface area contributed by atoms with Gasteiger partial charge in [-0.2, -0.15) is 0 Å². The number of aryl methyl sites for hydroxylation is 2. The summed E-state index contributed by atoms with van der Waals surface area (Å²) in [5, 5.41) is 2.99. The SMILES string of the molecule is Cc1ccc2nc([C@@H](C)NC(=O)CCc3cccnc3)[nH]c2c1. The molecule has 1 atom stereocenters. The summed E-state index contributed by atoms with van der Waals surface area (Å²) < 4.78 is 0. The minimum atomic E-state index is -0.149. The van der Waals surface area contributed by atoms with Crippen molar-refractivity contribution in [2.24, 2.45) is 0 Å². The zero-order valence-electron chi connectivity index (χ0n) is 13.3. The van der Waals surface area contributed by atoms with E-state index in [0.29, 0.717) is 12.8 Å². The third-order valence-corrected chi connectivity index (χ3v) is 3.81. The van der Waals surface area contributed by atoms with Crippen molar-refractivity contribution in [3.05, 3.63) is 59.7 Å². The number of benzene rings is 1. The Kier molecular flexibility index (Phi) is 4.37. The first-order valence-electron chi connectivity index (χ1n) is 7.76. The summed E-state index contributed by atoms with van der Waals surface area (Å²) >= 11 is 0. The number of hydrogen-bond acceptors (Lipinski definition) is 3. The second kappa shape index (κ2) is 6.60. The minimum Gasteiger partial charge on any atom is -0.346 e. The van der Waals surface area contributed by atoms with E-state index < -0.39 is 0 Å². The van der Waals surface area contributed by atoms with Gasteiger partial charge >= 0.3 is 0 Å². The van der Waals surface area contributed by atoms with E-state index in [1.54, 1.807) is 12.4 Å². The molecular weight excluding hydrogens is 288 g/mol. The minimum absolute atomic E-state index is 0.0120. The van der Waals surface area contributed by atoms with Crippen LogP contribution in [0.3, 0.4) is 0 Å². The smallest absolute Gasteiger partial charge is 0.220 e. The van der Waals surface area contributed by atoms with Gasteiger partial charge in [0.05, 0.1) is 17.1 Å². The van der Waals surface area contributed by atoms with Crippen LogP contribution in [0.5, 0.6) is 0 Å². The maximum Gasteiger partial charge on any atom is 0.220 e. The largest absolute Gasteiger partial charge is 0.346 e. The van der Waals surface area contributed by atoms with E-state index in [0.717, 1.165) is 22.4 Å². The number of aromatic amines is 1. The molecule has 3 aromatic rings. The fourth-order valence-corrected chi connectivity index (χ4v) is 2.53. The van der Waals surface area contributed by atoms with Crippen LogP contribution in [0.1, 0.15) is 36.3 Å². The van der Waals surface area contributed by atoms with E-state index in [4.69, 9.17) is 0 Å². The Hall–Kier alpha value is -2.69. The van der Waals surface area contributed by atoms with Gasteiger partial charge in [0.15, 0.2) is 0 Å². The summed E-state index contributed by atoms with van der Waals surface area (Å²) in [5.41, 5.74) is 4.16. The van der Waals surface area contributed by atoms with Crippen LogP contribution in [0.4, 0.5) is 0 Å². The Bertz CT molecular complexity index is 810. The summed E-state index contributed by atoms with van der Waals surface area (Å²) in [6.45, 7) is 3.98. The molecule has 1 aromatic carbocycles. The quantitative estimate of drug-likeness (QED) is 0.761. The van der Waals surface area contributed by atoms with Crippen molar-refractivity contribution >= 4 is 16.9 Å². The van der Waals surface area contributed by atoms with Crippen molar-refractivity contribution in [3.63, 3.8) is 0 Å². The maximum absolute atomic E-state index is 12.1. The fourth-order valence-electron chi connectivity index (χ4n) is 2.53. The van der Waals surface area contributed by atoms with E-state index in [-0.39, 0.29) is 11.9 Å². The Morgan fingerprint density at radius 2 is 2.22 bits per heavy atom. The zero-order valence-corrected chi connectivity index (χ0v) is 13.3. The molecule has 0 bridgehead atoms. The van der Waals surface area contributed by atoms with E-state index >= 15 is 0 Å². The number of carbonyl (C=O) groups excluding carboxylic acids is 1. The lowest BCUT2D eigenvalue weighted by molar-refractivity contribution is -0.121. The predicted octanol–water partition coefficient (Wildman–Crippen LogP) is 3.08. The molecule has 0 unspecified atom stereocenters. The molecule has 0 fully saturated rings. The first kappa shape index (κ1) is 15.2. The lowest BCUT2D eigenvalue weighted by atomic mass is 10.1. The second-order valence-electron chi connectivity index (χ2n) is 5.79. The molecule has 5 nitrogen and oxygen atoms in total. The Labute approximate surface area is 135 Å². The Morgan fingerprint density at radius 3 is 3.00 bits per heavy atom. The maximum atomic E-state index is 12.1. The molecule has 0 saturated carbocycles.